The Morgan fingerprint density at radius 1 is 1.08 bits per heavy atom. The lowest BCUT2D eigenvalue weighted by atomic mass is 10.2. The Kier molecular flexibility index (Phi) is 5.03. The van der Waals surface area contributed by atoms with Crippen LogP contribution in [0.5, 0.6) is 0 Å². The van der Waals surface area contributed by atoms with E-state index in [1.54, 1.807) is 11.2 Å². The van der Waals surface area contributed by atoms with Crippen LogP contribution in [0, 0.1) is 0 Å². The van der Waals surface area contributed by atoms with Gasteiger partial charge in [-0.2, -0.15) is 0 Å². The Morgan fingerprint density at radius 3 is 2.20 bits per heavy atom. The van der Waals surface area contributed by atoms with Gasteiger partial charge >= 0.3 is 6.09 Å². The number of amides is 1. The number of ether oxygens (including phenoxy) is 1. The molecule has 3 rings (SSSR count). The maximum atomic E-state index is 12.1. The molecule has 0 spiro atoms. The van der Waals surface area contributed by atoms with Crippen molar-refractivity contribution in [3.63, 3.8) is 0 Å². The minimum absolute atomic E-state index is 0.229. The van der Waals surface area contributed by atoms with E-state index in [9.17, 15) is 4.79 Å². The minimum atomic E-state index is -0.452. The van der Waals surface area contributed by atoms with Crippen LogP contribution in [0.4, 0.5) is 10.5 Å². The second kappa shape index (κ2) is 7.07. The van der Waals surface area contributed by atoms with Gasteiger partial charge in [0.1, 0.15) is 16.5 Å². The summed E-state index contributed by atoms with van der Waals surface area (Å²) in [5, 5.41) is 0. The van der Waals surface area contributed by atoms with Gasteiger partial charge in [-0.1, -0.05) is 0 Å². The fraction of sp³-hybridized carbons (Fsp3) is 0.444. The van der Waals surface area contributed by atoms with Crippen LogP contribution in [0.15, 0.2) is 41.4 Å². The topological polar surface area (TPSA) is 50.6 Å². The molecule has 0 N–H and O–H groups in total. The molecule has 0 saturated carbocycles. The van der Waals surface area contributed by atoms with Crippen molar-refractivity contribution in [3.8, 4) is 5.69 Å². The van der Waals surface area contributed by atoms with Gasteiger partial charge in [0.15, 0.2) is 0 Å². The largest absolute Gasteiger partial charge is 0.444 e. The molecule has 0 atom stereocenters. The highest BCUT2D eigenvalue weighted by Crippen LogP contribution is 2.21. The third-order valence-electron chi connectivity index (χ3n) is 4.00. The van der Waals surface area contributed by atoms with E-state index in [-0.39, 0.29) is 6.09 Å². The fourth-order valence-electron chi connectivity index (χ4n) is 2.75. The van der Waals surface area contributed by atoms with E-state index in [1.807, 2.05) is 31.5 Å². The fourth-order valence-corrected chi connectivity index (χ4v) is 3.06. The smallest absolute Gasteiger partial charge is 0.410 e. The van der Waals surface area contributed by atoms with Crippen LogP contribution in [0.2, 0.25) is 0 Å². The van der Waals surface area contributed by atoms with E-state index in [0.717, 1.165) is 29.1 Å². The molecule has 134 valence electrons. The SMILES string of the molecule is CC(C)(C)OC(=O)N1CCN(c2ccc(-n3cnc(Br)c3)cc2)CC1. The van der Waals surface area contributed by atoms with Gasteiger partial charge in [-0.15, -0.1) is 0 Å². The molecule has 1 fully saturated rings. The van der Waals surface area contributed by atoms with E-state index in [0.29, 0.717) is 13.1 Å². The second-order valence-corrected chi connectivity index (χ2v) is 7.89. The number of hydrogen-bond donors (Lipinski definition) is 0. The van der Waals surface area contributed by atoms with Crippen molar-refractivity contribution in [2.45, 2.75) is 26.4 Å². The van der Waals surface area contributed by atoms with Gasteiger partial charge < -0.3 is 19.1 Å². The summed E-state index contributed by atoms with van der Waals surface area (Å²) in [6.45, 7) is 8.62. The zero-order valence-corrected chi connectivity index (χ0v) is 16.4. The first kappa shape index (κ1) is 17.8. The molecule has 1 amide bonds. The van der Waals surface area contributed by atoms with E-state index in [1.165, 1.54) is 0 Å². The number of aromatic nitrogens is 2. The van der Waals surface area contributed by atoms with Gasteiger partial charge in [0.2, 0.25) is 0 Å². The molecule has 2 aromatic rings. The van der Waals surface area contributed by atoms with Crippen molar-refractivity contribution in [2.75, 3.05) is 31.1 Å². The van der Waals surface area contributed by atoms with E-state index < -0.39 is 5.60 Å². The number of carbonyl (C=O) groups is 1. The van der Waals surface area contributed by atoms with Crippen LogP contribution in [0.3, 0.4) is 0 Å². The summed E-state index contributed by atoms with van der Waals surface area (Å²) >= 11 is 3.36. The minimum Gasteiger partial charge on any atom is -0.444 e. The molecule has 1 aromatic heterocycles. The van der Waals surface area contributed by atoms with Crippen LogP contribution in [-0.4, -0.2) is 52.3 Å². The molecule has 0 bridgehead atoms. The maximum Gasteiger partial charge on any atom is 0.410 e. The molecule has 25 heavy (non-hydrogen) atoms. The monoisotopic (exact) mass is 406 g/mol. The third kappa shape index (κ3) is 4.54. The summed E-state index contributed by atoms with van der Waals surface area (Å²) in [5.41, 5.74) is 1.77. The van der Waals surface area contributed by atoms with Crippen molar-refractivity contribution in [1.82, 2.24) is 14.5 Å². The highest BCUT2D eigenvalue weighted by Gasteiger charge is 2.25. The average molecular weight is 407 g/mol. The standard InChI is InChI=1S/C18H23BrN4O2/c1-18(2,3)25-17(24)22-10-8-21(9-11-22)14-4-6-15(7-5-14)23-12-16(19)20-13-23/h4-7,12-13H,8-11H2,1-3H3. The van der Waals surface area contributed by atoms with Gasteiger partial charge in [0, 0.05) is 43.8 Å². The number of nitrogens with zero attached hydrogens (tertiary/aromatic N) is 4. The predicted octanol–water partition coefficient (Wildman–Crippen LogP) is 3.69. The van der Waals surface area contributed by atoms with E-state index >= 15 is 0 Å². The summed E-state index contributed by atoms with van der Waals surface area (Å²) in [6, 6.07) is 8.35. The molecule has 1 aromatic carbocycles. The highest BCUT2D eigenvalue weighted by molar-refractivity contribution is 9.10. The first-order chi connectivity index (χ1) is 11.8. The summed E-state index contributed by atoms with van der Waals surface area (Å²) in [5.74, 6) is 0. The molecular formula is C18H23BrN4O2. The molecule has 0 radical (unpaired) electrons. The highest BCUT2D eigenvalue weighted by atomic mass is 79.9. The number of imidazole rings is 1. The quantitative estimate of drug-likeness (QED) is 0.762. The number of carbonyl (C=O) groups excluding carboxylic acids is 1. The Balaban J connectivity index is 1.59. The lowest BCUT2D eigenvalue weighted by Crippen LogP contribution is -2.50. The predicted molar refractivity (Wildman–Crippen MR) is 101 cm³/mol. The molecule has 1 aliphatic heterocycles. The van der Waals surface area contributed by atoms with Crippen molar-refractivity contribution in [3.05, 3.63) is 41.4 Å². The van der Waals surface area contributed by atoms with Crippen LogP contribution in [0.1, 0.15) is 20.8 Å². The summed E-state index contributed by atoms with van der Waals surface area (Å²) in [7, 11) is 0. The molecule has 1 aliphatic rings. The van der Waals surface area contributed by atoms with Crippen LogP contribution in [0.25, 0.3) is 5.69 Å². The number of anilines is 1. The second-order valence-electron chi connectivity index (χ2n) is 7.07. The van der Waals surface area contributed by atoms with Gasteiger partial charge in [-0.05, 0) is 61.0 Å². The Morgan fingerprint density at radius 2 is 1.68 bits per heavy atom. The summed E-state index contributed by atoms with van der Waals surface area (Å²) < 4.78 is 8.22. The Bertz CT molecular complexity index is 728. The van der Waals surface area contributed by atoms with Gasteiger partial charge in [0.05, 0.1) is 0 Å². The lowest BCUT2D eigenvalue weighted by molar-refractivity contribution is 0.0240. The molecule has 1 saturated heterocycles. The van der Waals surface area contributed by atoms with Crippen molar-refractivity contribution >= 4 is 27.7 Å². The molecule has 7 heteroatoms. The van der Waals surface area contributed by atoms with Crippen LogP contribution < -0.4 is 4.90 Å². The number of benzene rings is 1. The number of piperazine rings is 1. The summed E-state index contributed by atoms with van der Waals surface area (Å²) in [6.07, 6.45) is 3.47. The van der Waals surface area contributed by atoms with Crippen molar-refractivity contribution in [1.29, 1.82) is 0 Å². The molecular weight excluding hydrogens is 384 g/mol. The first-order valence-electron chi connectivity index (χ1n) is 8.35. The Labute approximate surface area is 156 Å². The van der Waals surface area contributed by atoms with Gasteiger partial charge in [-0.25, -0.2) is 9.78 Å². The van der Waals surface area contributed by atoms with Crippen LogP contribution >= 0.6 is 15.9 Å². The Hall–Kier alpha value is -2.02. The third-order valence-corrected chi connectivity index (χ3v) is 4.40. The number of hydrogen-bond acceptors (Lipinski definition) is 4. The zero-order valence-electron chi connectivity index (χ0n) is 14.8. The average Bonchev–Trinajstić information content (AvgIpc) is 3.00. The van der Waals surface area contributed by atoms with E-state index in [4.69, 9.17) is 4.74 Å². The van der Waals surface area contributed by atoms with Crippen LogP contribution in [-0.2, 0) is 4.74 Å². The number of halogens is 1. The normalized spacial score (nSPS) is 15.4. The maximum absolute atomic E-state index is 12.1. The summed E-state index contributed by atoms with van der Waals surface area (Å²) in [4.78, 5) is 20.4. The molecule has 0 aliphatic carbocycles. The van der Waals surface area contributed by atoms with Gasteiger partial charge in [0.25, 0.3) is 0 Å². The van der Waals surface area contributed by atoms with E-state index in [2.05, 4.69) is 50.1 Å². The van der Waals surface area contributed by atoms with Crippen molar-refractivity contribution < 1.29 is 9.53 Å². The number of rotatable bonds is 2. The first-order valence-corrected chi connectivity index (χ1v) is 9.14. The molecule has 0 unspecified atom stereocenters. The zero-order chi connectivity index (χ0) is 18.0. The van der Waals surface area contributed by atoms with Gasteiger partial charge in [-0.3, -0.25) is 0 Å². The lowest BCUT2D eigenvalue weighted by Gasteiger charge is -2.36. The molecule has 6 nitrogen and oxygen atoms in total. The van der Waals surface area contributed by atoms with Crippen molar-refractivity contribution in [2.24, 2.45) is 0 Å². The molecule has 2 heterocycles.